The quantitative estimate of drug-likeness (QED) is 0.208. The Kier molecular flexibility index (Phi) is 8.92. The molecule has 0 unspecified atom stereocenters. The van der Waals surface area contributed by atoms with Crippen LogP contribution in [0.15, 0.2) is 61.3 Å². The normalized spacial score (nSPS) is 15.7. The number of nitrogens with one attached hydrogen (secondary N) is 1. The third-order valence-electron chi connectivity index (χ3n) is 5.01. The minimum Gasteiger partial charge on any atom is -0.487 e. The molecule has 35 heavy (non-hydrogen) atoms. The summed E-state index contributed by atoms with van der Waals surface area (Å²) in [6, 6.07) is 13.2. The van der Waals surface area contributed by atoms with Gasteiger partial charge in [0.25, 0.3) is 5.91 Å². The molecule has 0 radical (unpaired) electrons. The number of rotatable bonds is 5. The fraction of sp³-hybridized carbons (Fsp3) is 0.120. The zero-order chi connectivity index (χ0) is 25.3. The second-order valence-corrected chi connectivity index (χ2v) is 12.4. The molecule has 4 nitrogen and oxygen atoms in total. The number of hydrogen-bond acceptors (Lipinski definition) is 4. The predicted octanol–water partition coefficient (Wildman–Crippen LogP) is 9.21. The number of aryl methyl sites for hydroxylation is 2. The number of carbonyl (C=O) groups is 1. The lowest BCUT2D eigenvalue weighted by Gasteiger charge is -2.12. The Morgan fingerprint density at radius 3 is 2.49 bits per heavy atom. The molecule has 1 saturated heterocycles. The van der Waals surface area contributed by atoms with E-state index < -0.39 is 0 Å². The lowest BCUT2D eigenvalue weighted by molar-refractivity contribution is -0.115. The summed E-state index contributed by atoms with van der Waals surface area (Å²) in [5.74, 6) is 0.522. The maximum Gasteiger partial charge on any atom is 0.264 e. The third kappa shape index (κ3) is 6.64. The minimum atomic E-state index is -0.178. The maximum absolute atomic E-state index is 12.6. The van der Waals surface area contributed by atoms with E-state index in [0.717, 1.165) is 40.5 Å². The van der Waals surface area contributed by atoms with Crippen LogP contribution in [0.5, 0.6) is 5.75 Å². The van der Waals surface area contributed by atoms with Gasteiger partial charge < -0.3 is 10.1 Å². The zero-order valence-electron chi connectivity index (χ0n) is 18.4. The van der Waals surface area contributed by atoms with Crippen LogP contribution in [0.2, 0.25) is 10.0 Å². The highest BCUT2D eigenvalue weighted by molar-refractivity contribution is 14.1. The van der Waals surface area contributed by atoms with Gasteiger partial charge >= 0.3 is 0 Å². The lowest BCUT2D eigenvalue weighted by Crippen LogP contribution is -2.19. The van der Waals surface area contributed by atoms with E-state index in [0.29, 0.717) is 32.5 Å². The molecule has 10 heteroatoms. The molecule has 0 saturated carbocycles. The summed E-state index contributed by atoms with van der Waals surface area (Å²) in [6.07, 6.45) is 1.84. The van der Waals surface area contributed by atoms with Crippen LogP contribution >= 0.6 is 89.4 Å². The molecule has 0 aliphatic carbocycles. The van der Waals surface area contributed by atoms with Crippen molar-refractivity contribution in [2.45, 2.75) is 20.5 Å². The molecule has 1 fully saturated rings. The number of nitrogens with zero attached hydrogens (tertiary/aromatic N) is 1. The average Bonchev–Trinajstić information content (AvgIpc) is 3.11. The van der Waals surface area contributed by atoms with E-state index in [1.807, 2.05) is 50.3 Å². The van der Waals surface area contributed by atoms with Crippen LogP contribution in [0, 0.1) is 17.4 Å². The summed E-state index contributed by atoms with van der Waals surface area (Å²) in [5.41, 5.74) is 4.69. The molecule has 3 aromatic carbocycles. The highest BCUT2D eigenvalue weighted by atomic mass is 127. The fourth-order valence-electron chi connectivity index (χ4n) is 3.33. The van der Waals surface area contributed by atoms with Crippen molar-refractivity contribution >= 4 is 112 Å². The molecule has 0 bridgehead atoms. The number of carbonyl (C=O) groups excluding carboxylic acids is 1. The Bertz CT molecular complexity index is 1370. The number of amides is 1. The van der Waals surface area contributed by atoms with E-state index in [2.05, 4.69) is 64.8 Å². The van der Waals surface area contributed by atoms with Gasteiger partial charge in [-0.25, -0.2) is 4.99 Å². The molecular formula is C25H17Br2Cl2IN2O2S. The molecule has 4 rings (SSSR count). The fourth-order valence-corrected chi connectivity index (χ4v) is 6.63. The van der Waals surface area contributed by atoms with E-state index >= 15 is 0 Å². The van der Waals surface area contributed by atoms with Gasteiger partial charge in [0.15, 0.2) is 5.17 Å². The molecule has 0 atom stereocenters. The molecule has 1 heterocycles. The first-order chi connectivity index (χ1) is 16.6. The molecule has 0 aromatic heterocycles. The van der Waals surface area contributed by atoms with Crippen molar-refractivity contribution < 1.29 is 9.53 Å². The highest BCUT2D eigenvalue weighted by Crippen LogP contribution is 2.36. The predicted molar refractivity (Wildman–Crippen MR) is 162 cm³/mol. The van der Waals surface area contributed by atoms with Gasteiger partial charge in [-0.1, -0.05) is 45.2 Å². The largest absolute Gasteiger partial charge is 0.487 e. The standard InChI is InChI=1S/C25H17Br2Cl2IN2O2S/c1-12-5-17(6-13(2)22(12)27)31-25-32-24(33)21(35-25)9-14-7-18(26)23(20(30)8-14)34-11-15-3-4-16(28)10-19(15)29/h3-10H,11H2,1-2H3,(H,31,32,33)/b21-9-. The molecule has 0 spiro atoms. The molecule has 180 valence electrons. The van der Waals surface area contributed by atoms with E-state index in [4.69, 9.17) is 27.9 Å². The van der Waals surface area contributed by atoms with Crippen molar-refractivity contribution in [2.24, 2.45) is 4.99 Å². The van der Waals surface area contributed by atoms with Gasteiger partial charge in [0, 0.05) is 20.1 Å². The van der Waals surface area contributed by atoms with Gasteiger partial charge in [-0.2, -0.15) is 0 Å². The lowest BCUT2D eigenvalue weighted by atomic mass is 10.1. The summed E-state index contributed by atoms with van der Waals surface area (Å²) in [7, 11) is 0. The van der Waals surface area contributed by atoms with Crippen molar-refractivity contribution in [3.05, 3.63) is 92.2 Å². The van der Waals surface area contributed by atoms with Gasteiger partial charge in [0.05, 0.1) is 18.6 Å². The summed E-state index contributed by atoms with van der Waals surface area (Å²) in [5, 5.41) is 4.54. The Hall–Kier alpha value is -1.04. The number of halogens is 5. The Balaban J connectivity index is 1.52. The van der Waals surface area contributed by atoms with Crippen LogP contribution in [-0.2, 0) is 11.4 Å². The van der Waals surface area contributed by atoms with Crippen molar-refractivity contribution in [2.75, 3.05) is 0 Å². The summed E-state index contributed by atoms with van der Waals surface area (Å²) < 4.78 is 8.76. The SMILES string of the molecule is Cc1cc(N=C2NC(=O)/C(=C/c3cc(Br)c(OCc4ccc(Cl)cc4Cl)c(I)c3)S2)cc(C)c1Br. The number of ether oxygens (including phenoxy) is 1. The zero-order valence-corrected chi connectivity index (χ0v) is 26.0. The molecular weight excluding hydrogens is 750 g/mol. The van der Waals surface area contributed by atoms with Crippen molar-refractivity contribution in [1.29, 1.82) is 0 Å². The van der Waals surface area contributed by atoms with Gasteiger partial charge in [-0.3, -0.25) is 4.79 Å². The second kappa shape index (κ2) is 11.6. The Morgan fingerprint density at radius 2 is 1.83 bits per heavy atom. The van der Waals surface area contributed by atoms with Crippen LogP contribution in [0.1, 0.15) is 22.3 Å². The molecule has 1 aliphatic heterocycles. The Labute approximate surface area is 248 Å². The first-order valence-electron chi connectivity index (χ1n) is 10.2. The van der Waals surface area contributed by atoms with Crippen LogP contribution in [0.25, 0.3) is 6.08 Å². The van der Waals surface area contributed by atoms with Crippen LogP contribution in [-0.4, -0.2) is 11.1 Å². The van der Waals surface area contributed by atoms with Crippen molar-refractivity contribution in [3.63, 3.8) is 0 Å². The average molecular weight is 767 g/mol. The van der Waals surface area contributed by atoms with Crippen LogP contribution in [0.3, 0.4) is 0 Å². The topological polar surface area (TPSA) is 50.7 Å². The highest BCUT2D eigenvalue weighted by Gasteiger charge is 2.24. The van der Waals surface area contributed by atoms with Crippen LogP contribution in [0.4, 0.5) is 5.69 Å². The van der Waals surface area contributed by atoms with Gasteiger partial charge in [-0.05, 0) is 123 Å². The third-order valence-corrected chi connectivity index (χ3v) is 9.15. The number of thioether (sulfide) groups is 1. The smallest absolute Gasteiger partial charge is 0.264 e. The summed E-state index contributed by atoms with van der Waals surface area (Å²) >= 11 is 22.9. The molecule has 3 aromatic rings. The molecule has 1 amide bonds. The monoisotopic (exact) mass is 764 g/mol. The minimum absolute atomic E-state index is 0.178. The van der Waals surface area contributed by atoms with E-state index in [1.165, 1.54) is 11.8 Å². The molecule has 1 aliphatic rings. The van der Waals surface area contributed by atoms with Crippen molar-refractivity contribution in [3.8, 4) is 5.75 Å². The Morgan fingerprint density at radius 1 is 1.11 bits per heavy atom. The number of aliphatic imine (C=N–C) groups is 1. The molecule has 1 N–H and O–H groups in total. The van der Waals surface area contributed by atoms with E-state index in [9.17, 15) is 4.79 Å². The summed E-state index contributed by atoms with van der Waals surface area (Å²) in [6.45, 7) is 4.34. The first kappa shape index (κ1) is 27.0. The van der Waals surface area contributed by atoms with E-state index in [1.54, 1.807) is 12.1 Å². The van der Waals surface area contributed by atoms with Gasteiger partial charge in [-0.15, -0.1) is 0 Å². The van der Waals surface area contributed by atoms with E-state index in [-0.39, 0.29) is 5.91 Å². The summed E-state index contributed by atoms with van der Waals surface area (Å²) in [4.78, 5) is 17.8. The number of hydrogen-bond donors (Lipinski definition) is 1. The van der Waals surface area contributed by atoms with Crippen molar-refractivity contribution in [1.82, 2.24) is 5.32 Å². The van der Waals surface area contributed by atoms with Gasteiger partial charge in [0.1, 0.15) is 12.4 Å². The maximum atomic E-state index is 12.6. The second-order valence-electron chi connectivity index (χ2n) is 7.71. The number of amidine groups is 1. The first-order valence-corrected chi connectivity index (χ1v) is 14.5. The van der Waals surface area contributed by atoms with Crippen LogP contribution < -0.4 is 10.1 Å². The van der Waals surface area contributed by atoms with Gasteiger partial charge in [0.2, 0.25) is 0 Å². The number of benzene rings is 3.